The van der Waals surface area contributed by atoms with Gasteiger partial charge < -0.3 is 5.11 Å². The van der Waals surface area contributed by atoms with Crippen molar-refractivity contribution in [1.82, 2.24) is 0 Å². The fourth-order valence-electron chi connectivity index (χ4n) is 1.30. The molecular formula is C12H13NO3. The molecule has 0 fully saturated rings. The second-order valence-electron chi connectivity index (χ2n) is 3.58. The zero-order valence-corrected chi connectivity index (χ0v) is 9.23. The van der Waals surface area contributed by atoms with Gasteiger partial charge in [0.25, 0.3) is 0 Å². The summed E-state index contributed by atoms with van der Waals surface area (Å²) in [5.74, 6) is -0.903. The van der Waals surface area contributed by atoms with Crippen LogP contribution in [0.5, 0.6) is 0 Å². The highest BCUT2D eigenvalue weighted by Crippen LogP contribution is 2.14. The van der Waals surface area contributed by atoms with Crippen LogP contribution in [-0.4, -0.2) is 22.6 Å². The van der Waals surface area contributed by atoms with Crippen LogP contribution < -0.4 is 0 Å². The maximum Gasteiger partial charge on any atom is 0.335 e. The van der Waals surface area contributed by atoms with Crippen LogP contribution >= 0.6 is 0 Å². The lowest BCUT2D eigenvalue weighted by molar-refractivity contribution is -0.115. The van der Waals surface area contributed by atoms with Gasteiger partial charge in [-0.3, -0.25) is 9.79 Å². The number of hydrogen-bond donors (Lipinski definition) is 1. The Bertz CT molecular complexity index is 432. The molecule has 1 aromatic carbocycles. The number of hydrogen-bond acceptors (Lipinski definition) is 3. The molecule has 0 spiro atoms. The molecule has 0 radical (unpaired) electrons. The van der Waals surface area contributed by atoms with Gasteiger partial charge in [-0.2, -0.15) is 0 Å². The molecule has 0 unspecified atom stereocenters. The van der Waals surface area contributed by atoms with Crippen molar-refractivity contribution in [3.05, 3.63) is 29.8 Å². The summed E-state index contributed by atoms with van der Waals surface area (Å²) in [6.45, 7) is 3.28. The molecular weight excluding hydrogens is 206 g/mol. The summed E-state index contributed by atoms with van der Waals surface area (Å²) in [4.78, 5) is 25.6. The summed E-state index contributed by atoms with van der Waals surface area (Å²) in [5.41, 5.74) is 1.60. The predicted molar refractivity (Wildman–Crippen MR) is 61.5 cm³/mol. The molecule has 0 aliphatic carbocycles. The number of Topliss-reactive ketones (excluding diaryl/α,β-unsaturated/α-hetero) is 1. The van der Waals surface area contributed by atoms with E-state index in [2.05, 4.69) is 4.99 Å². The summed E-state index contributed by atoms with van der Waals surface area (Å²) in [5, 5.41) is 8.70. The van der Waals surface area contributed by atoms with E-state index in [1.165, 1.54) is 19.1 Å². The number of benzene rings is 1. The molecule has 0 atom stereocenters. The zero-order chi connectivity index (χ0) is 12.1. The lowest BCUT2D eigenvalue weighted by Gasteiger charge is -1.99. The van der Waals surface area contributed by atoms with Gasteiger partial charge in [-0.15, -0.1) is 0 Å². The van der Waals surface area contributed by atoms with Crippen LogP contribution in [0.25, 0.3) is 0 Å². The van der Waals surface area contributed by atoms with E-state index in [4.69, 9.17) is 5.11 Å². The van der Waals surface area contributed by atoms with Gasteiger partial charge in [0.15, 0.2) is 0 Å². The molecule has 0 saturated carbocycles. The summed E-state index contributed by atoms with van der Waals surface area (Å²) < 4.78 is 0. The average Bonchev–Trinajstić information content (AvgIpc) is 2.16. The molecule has 1 rings (SSSR count). The van der Waals surface area contributed by atoms with Crippen LogP contribution in [0.4, 0.5) is 5.69 Å². The van der Waals surface area contributed by atoms with E-state index >= 15 is 0 Å². The van der Waals surface area contributed by atoms with E-state index in [9.17, 15) is 9.59 Å². The molecule has 0 aliphatic heterocycles. The van der Waals surface area contributed by atoms with Crippen molar-refractivity contribution < 1.29 is 14.7 Å². The van der Waals surface area contributed by atoms with E-state index in [1.807, 2.05) is 0 Å². The summed E-state index contributed by atoms with van der Waals surface area (Å²) in [7, 11) is 0. The second-order valence-corrected chi connectivity index (χ2v) is 3.58. The van der Waals surface area contributed by atoms with Gasteiger partial charge in [0.1, 0.15) is 5.78 Å². The zero-order valence-electron chi connectivity index (χ0n) is 9.23. The Morgan fingerprint density at radius 3 is 2.19 bits per heavy atom. The Hall–Kier alpha value is -1.97. The number of rotatable bonds is 4. The quantitative estimate of drug-likeness (QED) is 0.791. The van der Waals surface area contributed by atoms with Gasteiger partial charge in [0.2, 0.25) is 0 Å². The monoisotopic (exact) mass is 219 g/mol. The van der Waals surface area contributed by atoms with E-state index in [-0.39, 0.29) is 11.3 Å². The average molecular weight is 219 g/mol. The van der Waals surface area contributed by atoms with Gasteiger partial charge >= 0.3 is 5.97 Å². The first kappa shape index (κ1) is 12.1. The molecule has 16 heavy (non-hydrogen) atoms. The van der Waals surface area contributed by atoms with E-state index < -0.39 is 5.97 Å². The van der Waals surface area contributed by atoms with Gasteiger partial charge in [0.05, 0.1) is 11.3 Å². The summed E-state index contributed by atoms with van der Waals surface area (Å²) >= 11 is 0. The van der Waals surface area contributed by atoms with Crippen molar-refractivity contribution in [2.24, 2.45) is 4.99 Å². The molecule has 0 bridgehead atoms. The first-order chi connectivity index (χ1) is 7.49. The normalized spacial score (nSPS) is 11.2. The number of nitrogens with zero attached hydrogens (tertiary/aromatic N) is 1. The molecule has 4 heteroatoms. The third-order valence-electron chi connectivity index (χ3n) is 1.94. The Morgan fingerprint density at radius 2 is 1.75 bits per heavy atom. The topological polar surface area (TPSA) is 66.7 Å². The van der Waals surface area contributed by atoms with Crippen molar-refractivity contribution in [2.75, 3.05) is 0 Å². The van der Waals surface area contributed by atoms with Crippen LogP contribution in [0.1, 0.15) is 30.6 Å². The molecule has 4 nitrogen and oxygen atoms in total. The van der Waals surface area contributed by atoms with E-state index in [0.717, 1.165) is 5.71 Å². The van der Waals surface area contributed by atoms with Crippen molar-refractivity contribution >= 4 is 23.2 Å². The lowest BCUT2D eigenvalue weighted by atomic mass is 10.2. The fourth-order valence-corrected chi connectivity index (χ4v) is 1.30. The van der Waals surface area contributed by atoms with Crippen molar-refractivity contribution in [2.45, 2.75) is 20.3 Å². The smallest absolute Gasteiger partial charge is 0.335 e. The minimum absolute atomic E-state index is 0.0587. The van der Waals surface area contributed by atoms with Gasteiger partial charge in [0, 0.05) is 12.1 Å². The number of carboxylic acid groups (broad SMARTS) is 1. The minimum atomic E-state index is -0.962. The molecule has 1 N–H and O–H groups in total. The second kappa shape index (κ2) is 5.21. The summed E-state index contributed by atoms with van der Waals surface area (Å²) in [6, 6.07) is 6.21. The van der Waals surface area contributed by atoms with Gasteiger partial charge in [-0.1, -0.05) is 0 Å². The number of carbonyl (C=O) groups is 2. The van der Waals surface area contributed by atoms with Crippen molar-refractivity contribution in [3.63, 3.8) is 0 Å². The molecule has 1 aromatic rings. The molecule has 84 valence electrons. The number of aromatic carboxylic acids is 1. The van der Waals surface area contributed by atoms with E-state index in [1.54, 1.807) is 19.1 Å². The maximum absolute atomic E-state index is 10.8. The SMILES string of the molecule is CC(=O)CC(C)=Nc1ccc(C(=O)O)cc1. The number of aliphatic imine (C=N–C) groups is 1. The van der Waals surface area contributed by atoms with Crippen LogP contribution in [0.15, 0.2) is 29.3 Å². The first-order valence-electron chi connectivity index (χ1n) is 4.86. The van der Waals surface area contributed by atoms with Crippen LogP contribution in [0, 0.1) is 0 Å². The molecule has 0 heterocycles. The van der Waals surface area contributed by atoms with Crippen molar-refractivity contribution in [3.8, 4) is 0 Å². The van der Waals surface area contributed by atoms with Gasteiger partial charge in [-0.05, 0) is 38.1 Å². The lowest BCUT2D eigenvalue weighted by Crippen LogP contribution is -1.99. The Balaban J connectivity index is 2.82. The molecule has 0 aromatic heterocycles. The highest BCUT2D eigenvalue weighted by atomic mass is 16.4. The third kappa shape index (κ3) is 3.65. The fraction of sp³-hybridized carbons (Fsp3) is 0.250. The minimum Gasteiger partial charge on any atom is -0.478 e. The molecule has 0 saturated heterocycles. The first-order valence-corrected chi connectivity index (χ1v) is 4.86. The predicted octanol–water partition coefficient (Wildman–Crippen LogP) is 2.46. The Morgan fingerprint density at radius 1 is 1.19 bits per heavy atom. The molecule has 0 amide bonds. The standard InChI is InChI=1S/C12H13NO3/c1-8(7-9(2)14)13-11-5-3-10(4-6-11)12(15)16/h3-6H,7H2,1-2H3,(H,15,16). The number of carboxylic acids is 1. The summed E-state index contributed by atoms with van der Waals surface area (Å²) in [6.07, 6.45) is 0.320. The van der Waals surface area contributed by atoms with Crippen LogP contribution in [0.3, 0.4) is 0 Å². The van der Waals surface area contributed by atoms with Crippen LogP contribution in [0.2, 0.25) is 0 Å². The Labute approximate surface area is 93.6 Å². The maximum atomic E-state index is 10.8. The largest absolute Gasteiger partial charge is 0.478 e. The highest BCUT2D eigenvalue weighted by Gasteiger charge is 2.02. The highest BCUT2D eigenvalue weighted by molar-refractivity contribution is 6.00. The van der Waals surface area contributed by atoms with E-state index in [0.29, 0.717) is 12.1 Å². The van der Waals surface area contributed by atoms with Gasteiger partial charge in [-0.25, -0.2) is 4.79 Å². The molecule has 0 aliphatic rings. The van der Waals surface area contributed by atoms with Crippen molar-refractivity contribution in [1.29, 1.82) is 0 Å². The number of carbonyl (C=O) groups excluding carboxylic acids is 1. The van der Waals surface area contributed by atoms with Crippen LogP contribution in [-0.2, 0) is 4.79 Å². The third-order valence-corrected chi connectivity index (χ3v) is 1.94. The number of ketones is 1. The Kier molecular flexibility index (Phi) is 3.94.